The molecule has 0 heterocycles. The summed E-state index contributed by atoms with van der Waals surface area (Å²) in [4.78, 5) is 0. The second-order valence-electron chi connectivity index (χ2n) is 2.75. The number of hydrogen-bond acceptors (Lipinski definition) is 0. The van der Waals surface area contributed by atoms with Gasteiger partial charge >= 0.3 is 0 Å². The van der Waals surface area contributed by atoms with Gasteiger partial charge in [0.1, 0.15) is 0 Å². The first-order valence-corrected chi connectivity index (χ1v) is 4.34. The number of rotatable bonds is 5. The highest BCUT2D eigenvalue weighted by atomic mass is 14.0. The van der Waals surface area contributed by atoms with E-state index in [0.717, 1.165) is 12.8 Å². The van der Waals surface area contributed by atoms with Crippen molar-refractivity contribution in [1.29, 1.82) is 0 Å². The van der Waals surface area contributed by atoms with Crippen molar-refractivity contribution in [3.05, 3.63) is 48.6 Å². The molecule has 0 atom stereocenters. The van der Waals surface area contributed by atoms with Gasteiger partial charge in [-0.25, -0.2) is 0 Å². The van der Waals surface area contributed by atoms with Crippen LogP contribution in [0.5, 0.6) is 0 Å². The molecule has 0 aromatic heterocycles. The predicted molar refractivity (Wildman–Crippen MR) is 57.1 cm³/mol. The smallest absolute Gasteiger partial charge is 0.0101 e. The molecule has 0 saturated heterocycles. The Morgan fingerprint density at radius 3 is 2.42 bits per heavy atom. The van der Waals surface area contributed by atoms with Crippen LogP contribution in [0.15, 0.2) is 48.6 Å². The first kappa shape index (κ1) is 11.0. The van der Waals surface area contributed by atoms with E-state index in [1.807, 2.05) is 12.2 Å². The van der Waals surface area contributed by atoms with Crippen LogP contribution in [0, 0.1) is 0 Å². The molecule has 0 unspecified atom stereocenters. The molecule has 0 nitrogen and oxygen atoms in total. The van der Waals surface area contributed by atoms with Crippen molar-refractivity contribution >= 4 is 0 Å². The molecule has 0 amide bonds. The van der Waals surface area contributed by atoms with Crippen molar-refractivity contribution in [1.82, 2.24) is 0 Å². The van der Waals surface area contributed by atoms with Crippen molar-refractivity contribution in [2.75, 3.05) is 0 Å². The fraction of sp³-hybridized carbons (Fsp3) is 0.333. The lowest BCUT2D eigenvalue weighted by molar-refractivity contribution is 1.05. The SMILES string of the molecule is C=C/C=C\C(CC=C)=C(\C)CC. The molecule has 12 heavy (non-hydrogen) atoms. The predicted octanol–water partition coefficient (Wildman–Crippen LogP) is 4.03. The van der Waals surface area contributed by atoms with Crippen LogP contribution in [0.1, 0.15) is 26.7 Å². The molecule has 0 bridgehead atoms. The Labute approximate surface area is 76.0 Å². The Hall–Kier alpha value is -1.04. The minimum atomic E-state index is 0.948. The van der Waals surface area contributed by atoms with Gasteiger partial charge in [-0.15, -0.1) is 6.58 Å². The Balaban J connectivity index is 4.51. The van der Waals surface area contributed by atoms with Gasteiger partial charge < -0.3 is 0 Å². The molecule has 0 N–H and O–H groups in total. The Morgan fingerprint density at radius 1 is 1.33 bits per heavy atom. The van der Waals surface area contributed by atoms with Crippen LogP contribution in [0.4, 0.5) is 0 Å². The quantitative estimate of drug-likeness (QED) is 0.423. The minimum Gasteiger partial charge on any atom is -0.103 e. The van der Waals surface area contributed by atoms with Gasteiger partial charge in [0, 0.05) is 0 Å². The third-order valence-electron chi connectivity index (χ3n) is 1.88. The second kappa shape index (κ2) is 6.66. The van der Waals surface area contributed by atoms with Gasteiger partial charge in [0.25, 0.3) is 0 Å². The minimum absolute atomic E-state index is 0.948. The van der Waals surface area contributed by atoms with E-state index in [2.05, 4.69) is 33.1 Å². The van der Waals surface area contributed by atoms with Crippen LogP contribution in [0.2, 0.25) is 0 Å². The van der Waals surface area contributed by atoms with E-state index >= 15 is 0 Å². The topological polar surface area (TPSA) is 0 Å². The molecule has 0 aromatic rings. The molecule has 0 spiro atoms. The van der Waals surface area contributed by atoms with Gasteiger partial charge in [0.15, 0.2) is 0 Å². The van der Waals surface area contributed by atoms with Gasteiger partial charge in [-0.2, -0.15) is 0 Å². The van der Waals surface area contributed by atoms with Crippen molar-refractivity contribution in [3.63, 3.8) is 0 Å². The van der Waals surface area contributed by atoms with Gasteiger partial charge in [0.05, 0.1) is 0 Å². The lowest BCUT2D eigenvalue weighted by Gasteiger charge is -2.02. The van der Waals surface area contributed by atoms with Crippen molar-refractivity contribution < 1.29 is 0 Å². The molecule has 0 heteroatoms. The summed E-state index contributed by atoms with van der Waals surface area (Å²) in [6, 6.07) is 0. The van der Waals surface area contributed by atoms with E-state index in [0.29, 0.717) is 0 Å². The van der Waals surface area contributed by atoms with Gasteiger partial charge in [-0.1, -0.05) is 43.4 Å². The van der Waals surface area contributed by atoms with Gasteiger partial charge in [-0.05, 0) is 25.3 Å². The maximum atomic E-state index is 3.73. The van der Waals surface area contributed by atoms with Crippen LogP contribution >= 0.6 is 0 Å². The van der Waals surface area contributed by atoms with Crippen LogP contribution in [0.25, 0.3) is 0 Å². The summed E-state index contributed by atoms with van der Waals surface area (Å²) in [7, 11) is 0. The second-order valence-corrected chi connectivity index (χ2v) is 2.75. The molecule has 0 aliphatic heterocycles. The van der Waals surface area contributed by atoms with E-state index in [-0.39, 0.29) is 0 Å². The van der Waals surface area contributed by atoms with Crippen LogP contribution < -0.4 is 0 Å². The Kier molecular flexibility index (Phi) is 6.08. The number of hydrogen-bond donors (Lipinski definition) is 0. The van der Waals surface area contributed by atoms with Crippen molar-refractivity contribution in [3.8, 4) is 0 Å². The van der Waals surface area contributed by atoms with E-state index in [1.54, 1.807) is 6.08 Å². The van der Waals surface area contributed by atoms with E-state index in [4.69, 9.17) is 0 Å². The summed E-state index contributed by atoms with van der Waals surface area (Å²) in [6.07, 6.45) is 9.86. The molecule has 0 aromatic carbocycles. The molecule has 0 aliphatic carbocycles. The average molecular weight is 162 g/mol. The van der Waals surface area contributed by atoms with Crippen LogP contribution in [-0.2, 0) is 0 Å². The van der Waals surface area contributed by atoms with E-state index in [1.165, 1.54) is 11.1 Å². The maximum Gasteiger partial charge on any atom is -0.0101 e. The Morgan fingerprint density at radius 2 is 2.00 bits per heavy atom. The summed E-state index contributed by atoms with van der Waals surface area (Å²) in [5, 5.41) is 0. The monoisotopic (exact) mass is 162 g/mol. The molecule has 0 radical (unpaired) electrons. The highest BCUT2D eigenvalue weighted by Gasteiger charge is 1.93. The fourth-order valence-electron chi connectivity index (χ4n) is 0.951. The van der Waals surface area contributed by atoms with E-state index < -0.39 is 0 Å². The third kappa shape index (κ3) is 3.97. The zero-order valence-electron chi connectivity index (χ0n) is 8.14. The van der Waals surface area contributed by atoms with Gasteiger partial charge in [0.2, 0.25) is 0 Å². The van der Waals surface area contributed by atoms with Crippen LogP contribution in [0.3, 0.4) is 0 Å². The molecule has 66 valence electrons. The summed E-state index contributed by atoms with van der Waals surface area (Å²) in [5.41, 5.74) is 2.78. The van der Waals surface area contributed by atoms with E-state index in [9.17, 15) is 0 Å². The largest absolute Gasteiger partial charge is 0.103 e. The van der Waals surface area contributed by atoms with Crippen LogP contribution in [-0.4, -0.2) is 0 Å². The van der Waals surface area contributed by atoms with Crippen molar-refractivity contribution in [2.24, 2.45) is 0 Å². The fourth-order valence-corrected chi connectivity index (χ4v) is 0.951. The molecular weight excluding hydrogens is 144 g/mol. The molecule has 0 aliphatic rings. The lowest BCUT2D eigenvalue weighted by Crippen LogP contribution is -1.82. The highest BCUT2D eigenvalue weighted by Crippen LogP contribution is 2.13. The maximum absolute atomic E-state index is 3.73. The summed E-state index contributed by atoms with van der Waals surface area (Å²) in [6.45, 7) is 11.7. The normalized spacial score (nSPS) is 12.8. The first-order valence-electron chi connectivity index (χ1n) is 4.34. The molecule has 0 saturated carbocycles. The zero-order valence-corrected chi connectivity index (χ0v) is 8.14. The average Bonchev–Trinajstić information content (AvgIpc) is 2.11. The lowest BCUT2D eigenvalue weighted by atomic mass is 10.0. The molecule has 0 fully saturated rings. The third-order valence-corrected chi connectivity index (χ3v) is 1.88. The Bertz CT molecular complexity index is 204. The molecule has 0 rings (SSSR count). The molecular formula is C12H18. The zero-order chi connectivity index (χ0) is 9.40. The highest BCUT2D eigenvalue weighted by molar-refractivity contribution is 5.28. The van der Waals surface area contributed by atoms with Crippen molar-refractivity contribution in [2.45, 2.75) is 26.7 Å². The summed E-state index contributed by atoms with van der Waals surface area (Å²) < 4.78 is 0. The first-order chi connectivity index (χ1) is 5.76. The standard InChI is InChI=1S/C12H18/c1-5-8-10-12(9-6-2)11(4)7-3/h5-6,8,10H,1-2,7,9H2,3-4H3/b10-8-,12-11-. The number of allylic oxidation sites excluding steroid dienone is 6. The summed E-state index contributed by atoms with van der Waals surface area (Å²) >= 11 is 0. The van der Waals surface area contributed by atoms with Gasteiger partial charge in [-0.3, -0.25) is 0 Å². The summed E-state index contributed by atoms with van der Waals surface area (Å²) in [5.74, 6) is 0.